The lowest BCUT2D eigenvalue weighted by atomic mass is 10.0. The molecular formula is C16H23N3O3. The monoisotopic (exact) mass is 305 g/mol. The number of ether oxygens (including phenoxy) is 1. The Kier molecular flexibility index (Phi) is 5.68. The van der Waals surface area contributed by atoms with E-state index in [9.17, 15) is 9.59 Å². The van der Waals surface area contributed by atoms with Gasteiger partial charge in [-0.1, -0.05) is 13.5 Å². The molecule has 0 unspecified atom stereocenters. The van der Waals surface area contributed by atoms with E-state index in [2.05, 4.69) is 0 Å². The molecule has 0 bridgehead atoms. The minimum Gasteiger partial charge on any atom is -0.492 e. The summed E-state index contributed by atoms with van der Waals surface area (Å²) in [7, 11) is 3.08. The molecule has 3 amide bonds. The number of hydrogen-bond donors (Lipinski definition) is 1. The number of fused-ring (bicyclic) bond motifs is 1. The maximum Gasteiger partial charge on any atom is 0.326 e. The zero-order chi connectivity index (χ0) is 15.6. The fourth-order valence-corrected chi connectivity index (χ4v) is 2.14. The first kappa shape index (κ1) is 17.7. The summed E-state index contributed by atoms with van der Waals surface area (Å²) in [6.45, 7) is 2.90. The highest BCUT2D eigenvalue weighted by Crippen LogP contribution is 2.25. The van der Waals surface area contributed by atoms with Crippen LogP contribution in [0.2, 0.25) is 0 Å². The fourth-order valence-electron chi connectivity index (χ4n) is 2.14. The lowest BCUT2D eigenvalue weighted by molar-refractivity contribution is -0.124. The lowest BCUT2D eigenvalue weighted by Crippen LogP contribution is -2.27. The Labute approximate surface area is 131 Å². The third kappa shape index (κ3) is 3.63. The fraction of sp³-hybridized carbons (Fsp3) is 0.438. The normalized spacial score (nSPS) is 16.4. The van der Waals surface area contributed by atoms with Crippen LogP contribution < -0.4 is 4.74 Å². The summed E-state index contributed by atoms with van der Waals surface area (Å²) >= 11 is 0. The number of urea groups is 1. The van der Waals surface area contributed by atoms with Gasteiger partial charge in [-0.25, -0.2) is 4.79 Å². The number of rotatable bonds is 0. The SMILES string of the molecule is C.CN1CC(=O)N(C)C1=O.Cc1ccc2c(c1)OCCC2=N. The summed E-state index contributed by atoms with van der Waals surface area (Å²) in [6, 6.07) is 5.75. The largest absolute Gasteiger partial charge is 0.492 e. The summed E-state index contributed by atoms with van der Waals surface area (Å²) in [5, 5.41) is 7.66. The van der Waals surface area contributed by atoms with Crippen LogP contribution in [0.5, 0.6) is 5.75 Å². The Morgan fingerprint density at radius 3 is 2.41 bits per heavy atom. The topological polar surface area (TPSA) is 73.7 Å². The van der Waals surface area contributed by atoms with Crippen LogP contribution >= 0.6 is 0 Å². The van der Waals surface area contributed by atoms with Crippen molar-refractivity contribution in [1.29, 1.82) is 5.41 Å². The van der Waals surface area contributed by atoms with E-state index in [0.717, 1.165) is 22.6 Å². The summed E-state index contributed by atoms with van der Waals surface area (Å²) in [5.74, 6) is 0.730. The van der Waals surface area contributed by atoms with E-state index >= 15 is 0 Å². The zero-order valence-electron chi connectivity index (χ0n) is 12.5. The number of carbonyl (C=O) groups excluding carboxylic acids is 2. The first-order valence-electron chi connectivity index (χ1n) is 6.73. The predicted octanol–water partition coefficient (Wildman–Crippen LogP) is 2.29. The molecule has 6 heteroatoms. The maximum atomic E-state index is 10.7. The highest BCUT2D eigenvalue weighted by Gasteiger charge is 2.29. The molecule has 0 radical (unpaired) electrons. The molecule has 0 atom stereocenters. The lowest BCUT2D eigenvalue weighted by Gasteiger charge is -2.18. The molecular weight excluding hydrogens is 282 g/mol. The number of imide groups is 1. The van der Waals surface area contributed by atoms with Crippen molar-refractivity contribution in [2.45, 2.75) is 20.8 Å². The van der Waals surface area contributed by atoms with Gasteiger partial charge in [0.1, 0.15) is 12.3 Å². The zero-order valence-corrected chi connectivity index (χ0v) is 12.5. The number of aryl methyl sites for hydroxylation is 1. The molecule has 1 aromatic carbocycles. The second-order valence-electron chi connectivity index (χ2n) is 5.17. The van der Waals surface area contributed by atoms with Gasteiger partial charge in [-0.15, -0.1) is 0 Å². The van der Waals surface area contributed by atoms with Crippen LogP contribution in [0.1, 0.15) is 25.0 Å². The van der Waals surface area contributed by atoms with Crippen LogP contribution in [0.3, 0.4) is 0 Å². The van der Waals surface area contributed by atoms with Crippen molar-refractivity contribution in [1.82, 2.24) is 9.80 Å². The Bertz CT molecular complexity index is 598. The van der Waals surface area contributed by atoms with E-state index in [1.54, 1.807) is 7.05 Å². The first-order chi connectivity index (χ1) is 9.90. The molecule has 1 saturated heterocycles. The highest BCUT2D eigenvalue weighted by molar-refractivity contribution is 6.02. The van der Waals surface area contributed by atoms with E-state index in [0.29, 0.717) is 12.3 Å². The number of carbonyl (C=O) groups is 2. The summed E-state index contributed by atoms with van der Waals surface area (Å²) in [4.78, 5) is 23.9. The third-order valence-corrected chi connectivity index (χ3v) is 3.43. The first-order valence-corrected chi connectivity index (χ1v) is 6.73. The van der Waals surface area contributed by atoms with E-state index in [1.165, 1.54) is 17.5 Å². The van der Waals surface area contributed by atoms with Crippen LogP contribution in [0.15, 0.2) is 18.2 Å². The molecule has 3 rings (SSSR count). The van der Waals surface area contributed by atoms with Gasteiger partial charge in [0.25, 0.3) is 0 Å². The van der Waals surface area contributed by atoms with Gasteiger partial charge in [0, 0.05) is 31.8 Å². The van der Waals surface area contributed by atoms with Gasteiger partial charge in [-0.3, -0.25) is 9.69 Å². The van der Waals surface area contributed by atoms with Crippen LogP contribution in [-0.2, 0) is 4.79 Å². The molecule has 2 heterocycles. The molecule has 2 aliphatic rings. The number of nitrogens with zero attached hydrogens (tertiary/aromatic N) is 2. The Morgan fingerprint density at radius 2 is 1.91 bits per heavy atom. The number of benzene rings is 1. The predicted molar refractivity (Wildman–Crippen MR) is 85.6 cm³/mol. The summed E-state index contributed by atoms with van der Waals surface area (Å²) in [5.41, 5.74) is 2.83. The molecule has 1 N–H and O–H groups in total. The third-order valence-electron chi connectivity index (χ3n) is 3.43. The molecule has 22 heavy (non-hydrogen) atoms. The van der Waals surface area contributed by atoms with Gasteiger partial charge in [-0.2, -0.15) is 0 Å². The molecule has 1 fully saturated rings. The van der Waals surface area contributed by atoms with Gasteiger partial charge in [-0.05, 0) is 24.6 Å². The van der Waals surface area contributed by atoms with Gasteiger partial charge in [0.05, 0.1) is 6.61 Å². The molecule has 0 aromatic heterocycles. The van der Waals surface area contributed by atoms with Crippen molar-refractivity contribution in [2.24, 2.45) is 0 Å². The van der Waals surface area contributed by atoms with Gasteiger partial charge in [0.2, 0.25) is 5.91 Å². The van der Waals surface area contributed by atoms with E-state index < -0.39 is 0 Å². The van der Waals surface area contributed by atoms with Crippen LogP contribution in [-0.4, -0.2) is 54.7 Å². The Morgan fingerprint density at radius 1 is 1.23 bits per heavy atom. The number of hydrogen-bond acceptors (Lipinski definition) is 4. The minimum atomic E-state index is -0.222. The van der Waals surface area contributed by atoms with Crippen LogP contribution in [0, 0.1) is 12.3 Å². The summed E-state index contributed by atoms with van der Waals surface area (Å²) in [6.07, 6.45) is 0.732. The number of likely N-dealkylation sites (N-methyl/N-ethyl adjacent to an activating group) is 2. The maximum absolute atomic E-state index is 10.7. The average molecular weight is 305 g/mol. The van der Waals surface area contributed by atoms with Crippen molar-refractivity contribution in [3.05, 3.63) is 29.3 Å². The number of amides is 3. The van der Waals surface area contributed by atoms with Crippen molar-refractivity contribution < 1.29 is 14.3 Å². The standard InChI is InChI=1S/C10H11NO.C5H8N2O2.CH4/c1-7-2-3-8-9(11)4-5-12-10(8)6-7;1-6-3-4(8)7(2)5(6)9;/h2-3,6,11H,4-5H2,1H3;3H2,1-2H3;1H4. The van der Waals surface area contributed by atoms with Gasteiger partial charge >= 0.3 is 6.03 Å². The van der Waals surface area contributed by atoms with E-state index in [1.807, 2.05) is 25.1 Å². The Balaban J connectivity index is 0.000000219. The van der Waals surface area contributed by atoms with Crippen molar-refractivity contribution in [3.63, 3.8) is 0 Å². The molecule has 120 valence electrons. The van der Waals surface area contributed by atoms with Gasteiger partial charge in [0.15, 0.2) is 0 Å². The second kappa shape index (κ2) is 7.06. The average Bonchev–Trinajstić information content (AvgIpc) is 2.66. The highest BCUT2D eigenvalue weighted by atomic mass is 16.5. The van der Waals surface area contributed by atoms with Crippen LogP contribution in [0.4, 0.5) is 4.79 Å². The molecule has 6 nitrogen and oxygen atoms in total. The summed E-state index contributed by atoms with van der Waals surface area (Å²) < 4.78 is 5.43. The van der Waals surface area contributed by atoms with Crippen molar-refractivity contribution in [3.8, 4) is 5.75 Å². The quantitative estimate of drug-likeness (QED) is 0.747. The minimum absolute atomic E-state index is 0. The molecule has 0 spiro atoms. The molecule has 0 aliphatic carbocycles. The molecule has 1 aromatic rings. The smallest absolute Gasteiger partial charge is 0.326 e. The van der Waals surface area contributed by atoms with E-state index in [-0.39, 0.29) is 25.9 Å². The van der Waals surface area contributed by atoms with Crippen molar-refractivity contribution in [2.75, 3.05) is 27.2 Å². The van der Waals surface area contributed by atoms with E-state index in [4.69, 9.17) is 10.1 Å². The van der Waals surface area contributed by atoms with Gasteiger partial charge < -0.3 is 15.0 Å². The number of nitrogens with one attached hydrogen (secondary N) is 1. The molecule has 0 saturated carbocycles. The molecule has 2 aliphatic heterocycles. The Hall–Kier alpha value is -2.37. The second-order valence-corrected chi connectivity index (χ2v) is 5.17. The van der Waals surface area contributed by atoms with Crippen LogP contribution in [0.25, 0.3) is 0 Å². The van der Waals surface area contributed by atoms with Crippen molar-refractivity contribution >= 4 is 17.6 Å².